The third-order valence-corrected chi connectivity index (χ3v) is 5.97. The van der Waals surface area contributed by atoms with Crippen molar-refractivity contribution in [3.63, 3.8) is 0 Å². The zero-order valence-corrected chi connectivity index (χ0v) is 12.6. The van der Waals surface area contributed by atoms with Gasteiger partial charge in [-0.25, -0.2) is 13.4 Å². The molecule has 1 aromatic rings. The van der Waals surface area contributed by atoms with Gasteiger partial charge in [0.1, 0.15) is 5.82 Å². The zero-order chi connectivity index (χ0) is 14.3. The van der Waals surface area contributed by atoms with Gasteiger partial charge in [0.25, 0.3) is 0 Å². The van der Waals surface area contributed by atoms with Crippen LogP contribution in [0.3, 0.4) is 0 Å². The smallest absolute Gasteiger partial charge is 0.215 e. The molecule has 0 bridgehead atoms. The molecule has 0 spiro atoms. The lowest BCUT2D eigenvalue weighted by Gasteiger charge is -2.21. The third-order valence-electron chi connectivity index (χ3n) is 3.96. The Kier molecular flexibility index (Phi) is 3.55. The molecule has 0 unspecified atom stereocenters. The van der Waals surface area contributed by atoms with Crippen LogP contribution in [-0.2, 0) is 14.8 Å². The molecular formula is C12H20N4O3S. The van der Waals surface area contributed by atoms with E-state index < -0.39 is 10.0 Å². The van der Waals surface area contributed by atoms with Gasteiger partial charge in [-0.1, -0.05) is 0 Å². The van der Waals surface area contributed by atoms with E-state index in [1.54, 1.807) is 7.11 Å². The summed E-state index contributed by atoms with van der Waals surface area (Å²) in [5.74, 6) is 1.81. The van der Waals surface area contributed by atoms with Crippen molar-refractivity contribution in [2.75, 3.05) is 19.4 Å². The van der Waals surface area contributed by atoms with Gasteiger partial charge in [-0.15, -0.1) is 0 Å². The first-order valence-corrected chi connectivity index (χ1v) is 8.51. The van der Waals surface area contributed by atoms with Crippen LogP contribution >= 0.6 is 0 Å². The SMILES string of the molecule is CO[C@@H]1C[C@@H](c2n[nH]c(C)n2)N(S(=O)(=O)CC2CC2)C1. The molecule has 7 nitrogen and oxygen atoms in total. The monoisotopic (exact) mass is 300 g/mol. The number of rotatable bonds is 5. The van der Waals surface area contributed by atoms with Gasteiger partial charge >= 0.3 is 0 Å². The topological polar surface area (TPSA) is 88.2 Å². The Morgan fingerprint density at radius 2 is 2.20 bits per heavy atom. The van der Waals surface area contributed by atoms with Crippen molar-refractivity contribution >= 4 is 10.0 Å². The van der Waals surface area contributed by atoms with Crippen molar-refractivity contribution in [2.24, 2.45) is 5.92 Å². The predicted molar refractivity (Wildman–Crippen MR) is 72.5 cm³/mol. The van der Waals surface area contributed by atoms with Crippen LogP contribution in [-0.4, -0.2) is 53.4 Å². The molecule has 1 saturated heterocycles. The van der Waals surface area contributed by atoms with E-state index >= 15 is 0 Å². The number of hydrogen-bond donors (Lipinski definition) is 1. The molecular weight excluding hydrogens is 280 g/mol. The van der Waals surface area contributed by atoms with Gasteiger partial charge < -0.3 is 4.74 Å². The summed E-state index contributed by atoms with van der Waals surface area (Å²) in [6.07, 6.45) is 2.56. The predicted octanol–water partition coefficient (Wildman–Crippen LogP) is 0.615. The van der Waals surface area contributed by atoms with E-state index in [0.29, 0.717) is 30.5 Å². The fourth-order valence-electron chi connectivity index (χ4n) is 2.67. The molecule has 0 radical (unpaired) electrons. The average Bonchev–Trinajstić information content (AvgIpc) is 2.93. The standard InChI is InChI=1S/C12H20N4O3S/c1-8-13-12(15-14-8)11-5-10(19-2)6-16(11)20(17,18)7-9-3-4-9/h9-11H,3-7H2,1-2H3,(H,13,14,15)/t10-,11+/m1/s1. The summed E-state index contributed by atoms with van der Waals surface area (Å²) in [5.41, 5.74) is 0. The minimum atomic E-state index is -3.27. The quantitative estimate of drug-likeness (QED) is 0.861. The summed E-state index contributed by atoms with van der Waals surface area (Å²) < 4.78 is 32.0. The van der Waals surface area contributed by atoms with Crippen LogP contribution in [0.25, 0.3) is 0 Å². The maximum atomic E-state index is 12.5. The lowest BCUT2D eigenvalue weighted by atomic mass is 10.2. The molecule has 1 saturated carbocycles. The first-order valence-electron chi connectivity index (χ1n) is 6.91. The van der Waals surface area contributed by atoms with E-state index in [2.05, 4.69) is 15.2 Å². The van der Waals surface area contributed by atoms with E-state index in [-0.39, 0.29) is 17.9 Å². The molecule has 2 fully saturated rings. The third kappa shape index (κ3) is 2.72. The molecule has 1 aliphatic carbocycles. The molecule has 112 valence electrons. The second-order valence-electron chi connectivity index (χ2n) is 5.68. The van der Waals surface area contributed by atoms with Crippen molar-refractivity contribution in [1.82, 2.24) is 19.5 Å². The van der Waals surface area contributed by atoms with Crippen LogP contribution in [0.2, 0.25) is 0 Å². The Labute approximate surface area is 118 Å². The van der Waals surface area contributed by atoms with Crippen LogP contribution < -0.4 is 0 Å². The van der Waals surface area contributed by atoms with Gasteiger partial charge in [-0.3, -0.25) is 5.10 Å². The number of aromatic nitrogens is 3. The van der Waals surface area contributed by atoms with Crippen LogP contribution in [0, 0.1) is 12.8 Å². The number of sulfonamides is 1. The van der Waals surface area contributed by atoms with Crippen LogP contribution in [0.5, 0.6) is 0 Å². The molecule has 0 aromatic carbocycles. The Bertz CT molecular complexity index is 581. The van der Waals surface area contributed by atoms with Crippen LogP contribution in [0.1, 0.15) is 37.0 Å². The molecule has 2 atom stereocenters. The van der Waals surface area contributed by atoms with Gasteiger partial charge in [0.05, 0.1) is 17.9 Å². The van der Waals surface area contributed by atoms with Crippen LogP contribution in [0.4, 0.5) is 0 Å². The summed E-state index contributed by atoms with van der Waals surface area (Å²) in [4.78, 5) is 4.29. The van der Waals surface area contributed by atoms with Crippen molar-refractivity contribution in [3.05, 3.63) is 11.6 Å². The van der Waals surface area contributed by atoms with Gasteiger partial charge in [0.15, 0.2) is 5.82 Å². The number of H-pyrrole nitrogens is 1. The Balaban J connectivity index is 1.85. The van der Waals surface area contributed by atoms with Crippen LogP contribution in [0.15, 0.2) is 0 Å². The fourth-order valence-corrected chi connectivity index (χ4v) is 4.75. The number of nitrogens with one attached hydrogen (secondary N) is 1. The lowest BCUT2D eigenvalue weighted by molar-refractivity contribution is 0.114. The molecule has 1 N–H and O–H groups in total. The fraction of sp³-hybridized carbons (Fsp3) is 0.833. The number of ether oxygens (including phenoxy) is 1. The highest BCUT2D eigenvalue weighted by Gasteiger charge is 2.44. The molecule has 3 rings (SSSR count). The summed E-state index contributed by atoms with van der Waals surface area (Å²) in [7, 11) is -1.66. The molecule has 8 heteroatoms. The summed E-state index contributed by atoms with van der Waals surface area (Å²) in [5, 5.41) is 6.91. The summed E-state index contributed by atoms with van der Waals surface area (Å²) in [6.45, 7) is 2.20. The normalized spacial score (nSPS) is 28.1. The Morgan fingerprint density at radius 1 is 1.45 bits per heavy atom. The van der Waals surface area contributed by atoms with E-state index in [1.807, 2.05) is 6.92 Å². The summed E-state index contributed by atoms with van der Waals surface area (Å²) >= 11 is 0. The maximum absolute atomic E-state index is 12.5. The second-order valence-corrected chi connectivity index (χ2v) is 7.65. The number of hydrogen-bond acceptors (Lipinski definition) is 5. The van der Waals surface area contributed by atoms with Gasteiger partial charge in [0.2, 0.25) is 10.0 Å². The zero-order valence-electron chi connectivity index (χ0n) is 11.7. The number of nitrogens with zero attached hydrogens (tertiary/aromatic N) is 3. The maximum Gasteiger partial charge on any atom is 0.215 e. The largest absolute Gasteiger partial charge is 0.380 e. The number of methoxy groups -OCH3 is 1. The first-order chi connectivity index (χ1) is 9.49. The number of aryl methyl sites for hydroxylation is 1. The van der Waals surface area contributed by atoms with E-state index in [1.165, 1.54) is 4.31 Å². The van der Waals surface area contributed by atoms with E-state index in [4.69, 9.17) is 4.74 Å². The molecule has 1 aromatic heterocycles. The van der Waals surface area contributed by atoms with E-state index in [9.17, 15) is 8.42 Å². The molecule has 20 heavy (non-hydrogen) atoms. The molecule has 1 aliphatic heterocycles. The Morgan fingerprint density at radius 3 is 2.75 bits per heavy atom. The average molecular weight is 300 g/mol. The highest BCUT2D eigenvalue weighted by Crippen LogP contribution is 2.37. The Hall–Kier alpha value is -0.990. The first kappa shape index (κ1) is 14.0. The summed E-state index contributed by atoms with van der Waals surface area (Å²) in [6, 6.07) is -0.311. The molecule has 2 heterocycles. The molecule has 0 amide bonds. The molecule has 2 aliphatic rings. The minimum absolute atomic E-state index is 0.0900. The van der Waals surface area contributed by atoms with E-state index in [0.717, 1.165) is 12.8 Å². The minimum Gasteiger partial charge on any atom is -0.380 e. The van der Waals surface area contributed by atoms with Crippen molar-refractivity contribution in [1.29, 1.82) is 0 Å². The lowest BCUT2D eigenvalue weighted by Crippen LogP contribution is -2.34. The highest BCUT2D eigenvalue weighted by molar-refractivity contribution is 7.89. The second kappa shape index (κ2) is 5.09. The van der Waals surface area contributed by atoms with Crippen molar-refractivity contribution in [3.8, 4) is 0 Å². The highest BCUT2D eigenvalue weighted by atomic mass is 32.2. The van der Waals surface area contributed by atoms with Gasteiger partial charge in [-0.05, 0) is 32.1 Å². The van der Waals surface area contributed by atoms with Gasteiger partial charge in [-0.2, -0.15) is 9.40 Å². The van der Waals surface area contributed by atoms with Crippen molar-refractivity contribution < 1.29 is 13.2 Å². The number of aromatic amines is 1. The van der Waals surface area contributed by atoms with Gasteiger partial charge in [0, 0.05) is 13.7 Å². The van der Waals surface area contributed by atoms with Crippen molar-refractivity contribution in [2.45, 2.75) is 38.3 Å².